The van der Waals surface area contributed by atoms with Gasteiger partial charge < -0.3 is 44.0 Å². The van der Waals surface area contributed by atoms with Crippen molar-refractivity contribution in [2.75, 3.05) is 27.4 Å². The zero-order valence-electron chi connectivity index (χ0n) is 31.6. The van der Waals surface area contributed by atoms with Crippen LogP contribution in [-0.4, -0.2) is 80.0 Å². The molecule has 0 unspecified atom stereocenters. The third kappa shape index (κ3) is 12.6. The van der Waals surface area contributed by atoms with Crippen LogP contribution >= 0.6 is 0 Å². The molecule has 5 atom stereocenters. The molecule has 4 aromatic rings. The summed E-state index contributed by atoms with van der Waals surface area (Å²) in [4.78, 5) is 47.6. The van der Waals surface area contributed by atoms with E-state index in [4.69, 9.17) is 28.4 Å². The first kappa shape index (κ1) is 46.4. The number of hydrogen-bond acceptors (Lipinski definition) is 11. The normalized spacial score (nSPS) is 16.8. The number of carboxylic acid groups (broad SMARTS) is 2. The maximum Gasteiger partial charge on any atom is 0.416 e. The highest BCUT2D eigenvalue weighted by atomic mass is 19.4. The van der Waals surface area contributed by atoms with Crippen LogP contribution in [0.1, 0.15) is 62.0 Å². The maximum atomic E-state index is 13.2. The minimum Gasteiger partial charge on any atom is -0.497 e. The van der Waals surface area contributed by atoms with Crippen molar-refractivity contribution >= 4 is 23.9 Å². The number of morpholine rings is 1. The van der Waals surface area contributed by atoms with Crippen LogP contribution in [0.4, 0.5) is 30.7 Å². The standard InChI is InChI=1S/C20H18F7NO2.C20H18O10/c1-11(13-8-14(19(22,23)24)10-15(9-13)20(25,26)27)30-18-17(28-6-7-29-18)12-2-4-16(21)5-3-12;1-27-13-7-3-11(4-8-13)19(25)29-15(17(21)22)16(18(23)24)30-20(26)12-5-9-14(28-2)10-6-12/h2-5,8-11,17-18,28H,6-7H2,1H3;3-10,15-16H,1-2H3,(H,21,22)(H,23,24)/t11-,17+,18-;15-,16-/m10/s1. The average molecular weight is 856 g/mol. The van der Waals surface area contributed by atoms with Gasteiger partial charge in [-0.1, -0.05) is 12.1 Å². The largest absolute Gasteiger partial charge is 0.497 e. The van der Waals surface area contributed by atoms with Gasteiger partial charge in [-0.05, 0) is 96.9 Å². The van der Waals surface area contributed by atoms with Gasteiger partial charge in [-0.3, -0.25) is 0 Å². The fraction of sp³-hybridized carbons (Fsp3) is 0.300. The van der Waals surface area contributed by atoms with Crippen LogP contribution < -0.4 is 14.8 Å². The predicted octanol–water partition coefficient (Wildman–Crippen LogP) is 7.25. The number of aliphatic carboxylic acids is 2. The van der Waals surface area contributed by atoms with Crippen molar-refractivity contribution in [3.8, 4) is 11.5 Å². The van der Waals surface area contributed by atoms with Crippen molar-refractivity contribution in [2.24, 2.45) is 0 Å². The third-order valence-electron chi connectivity index (χ3n) is 8.55. The molecule has 0 aromatic heterocycles. The number of carbonyl (C=O) groups is 4. The number of methoxy groups -OCH3 is 2. The lowest BCUT2D eigenvalue weighted by Gasteiger charge is -2.34. The summed E-state index contributed by atoms with van der Waals surface area (Å²) in [5, 5.41) is 21.8. The first-order valence-electron chi connectivity index (χ1n) is 17.4. The van der Waals surface area contributed by atoms with Crippen molar-refractivity contribution in [1.29, 1.82) is 0 Å². The van der Waals surface area contributed by atoms with Crippen molar-refractivity contribution in [1.82, 2.24) is 5.32 Å². The summed E-state index contributed by atoms with van der Waals surface area (Å²) in [6.07, 6.45) is -16.6. The Morgan fingerprint density at radius 1 is 0.700 bits per heavy atom. The van der Waals surface area contributed by atoms with E-state index >= 15 is 0 Å². The topological polar surface area (TPSA) is 176 Å². The Balaban J connectivity index is 0.000000265. The number of carboxylic acids is 2. The highest BCUT2D eigenvalue weighted by molar-refractivity contribution is 5.95. The Bertz CT molecular complexity index is 1980. The Labute approximate surface area is 336 Å². The average Bonchev–Trinajstić information content (AvgIpc) is 3.21. The number of ether oxygens (including phenoxy) is 6. The van der Waals surface area contributed by atoms with Gasteiger partial charge >= 0.3 is 36.2 Å². The molecule has 0 aliphatic carbocycles. The van der Waals surface area contributed by atoms with Crippen molar-refractivity contribution in [3.05, 3.63) is 130 Å². The molecule has 1 aliphatic heterocycles. The van der Waals surface area contributed by atoms with E-state index in [9.17, 15) is 60.1 Å². The van der Waals surface area contributed by atoms with Crippen LogP contribution in [0.25, 0.3) is 0 Å². The summed E-state index contributed by atoms with van der Waals surface area (Å²) in [7, 11) is 2.84. The molecule has 1 aliphatic rings. The Kier molecular flexibility index (Phi) is 15.6. The monoisotopic (exact) mass is 855 g/mol. The molecular formula is C40H36F7NO12. The lowest BCUT2D eigenvalue weighted by Crippen LogP contribution is -2.45. The second-order valence-corrected chi connectivity index (χ2v) is 12.6. The summed E-state index contributed by atoms with van der Waals surface area (Å²) in [5.41, 5.74) is -2.61. The van der Waals surface area contributed by atoms with Crippen molar-refractivity contribution in [2.45, 2.75) is 49.9 Å². The molecule has 0 saturated carbocycles. The minimum absolute atomic E-state index is 0.0485. The number of nitrogens with one attached hydrogen (secondary N) is 1. The molecule has 0 radical (unpaired) electrons. The first-order chi connectivity index (χ1) is 28.2. The molecule has 0 spiro atoms. The summed E-state index contributed by atoms with van der Waals surface area (Å²) in [5.74, 6) is -5.39. The second-order valence-electron chi connectivity index (χ2n) is 12.6. The van der Waals surface area contributed by atoms with Crippen molar-refractivity contribution in [3.63, 3.8) is 0 Å². The maximum absolute atomic E-state index is 13.2. The summed E-state index contributed by atoms with van der Waals surface area (Å²) >= 11 is 0. The molecule has 1 heterocycles. The van der Waals surface area contributed by atoms with Crippen LogP contribution in [-0.2, 0) is 40.9 Å². The lowest BCUT2D eigenvalue weighted by atomic mass is 10.0. The Morgan fingerprint density at radius 2 is 1.13 bits per heavy atom. The van der Waals surface area contributed by atoms with E-state index in [1.54, 1.807) is 0 Å². The van der Waals surface area contributed by atoms with E-state index in [2.05, 4.69) is 5.32 Å². The zero-order valence-corrected chi connectivity index (χ0v) is 31.6. The molecule has 0 bridgehead atoms. The highest BCUT2D eigenvalue weighted by Gasteiger charge is 2.41. The van der Waals surface area contributed by atoms with Crippen LogP contribution in [0.5, 0.6) is 11.5 Å². The molecule has 60 heavy (non-hydrogen) atoms. The van der Waals surface area contributed by atoms with E-state index in [0.717, 1.165) is 0 Å². The molecule has 0 amide bonds. The van der Waals surface area contributed by atoms with Gasteiger partial charge in [-0.2, -0.15) is 26.3 Å². The van der Waals surface area contributed by atoms with Crippen LogP contribution in [0.15, 0.2) is 91.0 Å². The molecule has 20 heteroatoms. The van der Waals surface area contributed by atoms with E-state index < -0.39 is 83.8 Å². The summed E-state index contributed by atoms with van der Waals surface area (Å²) < 4.78 is 123. The number of benzene rings is 4. The van der Waals surface area contributed by atoms with Gasteiger partial charge in [-0.25, -0.2) is 23.6 Å². The molecule has 3 N–H and O–H groups in total. The molecule has 4 aromatic carbocycles. The molecular weight excluding hydrogens is 819 g/mol. The fourth-order valence-electron chi connectivity index (χ4n) is 5.44. The minimum atomic E-state index is -4.95. The predicted molar refractivity (Wildman–Crippen MR) is 192 cm³/mol. The smallest absolute Gasteiger partial charge is 0.416 e. The first-order valence-corrected chi connectivity index (χ1v) is 17.4. The molecule has 5 rings (SSSR count). The van der Waals surface area contributed by atoms with Gasteiger partial charge in [0, 0.05) is 6.54 Å². The van der Waals surface area contributed by atoms with Crippen molar-refractivity contribution < 1.29 is 88.5 Å². The summed E-state index contributed by atoms with van der Waals surface area (Å²) in [6, 6.07) is 17.2. The SMILES string of the molecule is COc1ccc(C(=O)O[C@H](C(=O)O)[C@H](OC(=O)c2ccc(OC)cc2)C(=O)O)cc1.C[C@@H](O[C@H]1OCCN[C@H]1c1ccc(F)cc1)c1cc(C(F)(F)F)cc(C(F)(F)F)c1. The number of hydrogen-bond donors (Lipinski definition) is 3. The molecule has 1 fully saturated rings. The number of carbonyl (C=O) groups excluding carboxylic acids is 2. The van der Waals surface area contributed by atoms with E-state index in [-0.39, 0.29) is 29.4 Å². The van der Waals surface area contributed by atoms with Crippen LogP contribution in [0.3, 0.4) is 0 Å². The molecule has 13 nitrogen and oxygen atoms in total. The van der Waals surface area contributed by atoms with E-state index in [1.165, 1.54) is 93.9 Å². The Morgan fingerprint density at radius 3 is 1.52 bits per heavy atom. The summed E-state index contributed by atoms with van der Waals surface area (Å²) in [6.45, 7) is 2.01. The van der Waals surface area contributed by atoms with Gasteiger partial charge in [0.2, 0.25) is 12.2 Å². The van der Waals surface area contributed by atoms with Gasteiger partial charge in [-0.15, -0.1) is 0 Å². The van der Waals surface area contributed by atoms with E-state index in [1.807, 2.05) is 0 Å². The fourth-order valence-corrected chi connectivity index (χ4v) is 5.44. The Hall–Kier alpha value is -6.25. The molecule has 1 saturated heterocycles. The number of halogens is 7. The lowest BCUT2D eigenvalue weighted by molar-refractivity contribution is -0.200. The zero-order chi connectivity index (χ0) is 44.4. The molecule has 322 valence electrons. The number of alkyl halides is 6. The second kappa shape index (κ2) is 20.1. The number of rotatable bonds is 13. The van der Waals surface area contributed by atoms with Gasteiger partial charge in [0.05, 0.1) is 55.2 Å². The van der Waals surface area contributed by atoms with Crippen LogP contribution in [0.2, 0.25) is 0 Å². The van der Waals surface area contributed by atoms with Gasteiger partial charge in [0.15, 0.2) is 6.29 Å². The highest BCUT2D eigenvalue weighted by Crippen LogP contribution is 2.39. The third-order valence-corrected chi connectivity index (χ3v) is 8.55. The van der Waals surface area contributed by atoms with Gasteiger partial charge in [0.1, 0.15) is 17.3 Å². The van der Waals surface area contributed by atoms with Gasteiger partial charge in [0.25, 0.3) is 0 Å². The van der Waals surface area contributed by atoms with Crippen LogP contribution in [0, 0.1) is 5.82 Å². The quantitative estimate of drug-likeness (QED) is 0.0907. The van der Waals surface area contributed by atoms with E-state index in [0.29, 0.717) is 35.7 Å². The number of esters is 2.